The molecule has 2 aliphatic rings. The first kappa shape index (κ1) is 11.6. The summed E-state index contributed by atoms with van der Waals surface area (Å²) in [4.78, 5) is 12.3. The van der Waals surface area contributed by atoms with Crippen molar-refractivity contribution in [3.8, 4) is 5.75 Å². The maximum absolute atomic E-state index is 12.3. The van der Waals surface area contributed by atoms with Gasteiger partial charge in [0.2, 0.25) is 0 Å². The molecule has 1 saturated carbocycles. The fourth-order valence-corrected chi connectivity index (χ4v) is 3.74. The number of fused-ring (bicyclic) bond motifs is 3. The molecule has 0 heterocycles. The van der Waals surface area contributed by atoms with Crippen LogP contribution in [0.4, 0.5) is 5.69 Å². The molecule has 0 saturated heterocycles. The quantitative estimate of drug-likeness (QED) is 0.545. The molecule has 0 aromatic heterocycles. The molecule has 0 unspecified atom stereocenters. The molecule has 3 N–H and O–H groups in total. The van der Waals surface area contributed by atoms with Gasteiger partial charge in [-0.15, -0.1) is 0 Å². The zero-order chi connectivity index (χ0) is 12.9. The Balaban J connectivity index is 2.15. The summed E-state index contributed by atoms with van der Waals surface area (Å²) in [5.41, 5.74) is 8.39. The predicted octanol–water partition coefficient (Wildman–Crippen LogP) is 2.76. The van der Waals surface area contributed by atoms with Gasteiger partial charge in [0.25, 0.3) is 0 Å². The number of aromatic hydroxyl groups is 1. The van der Waals surface area contributed by atoms with E-state index in [-0.39, 0.29) is 17.1 Å². The number of hydrogen-bond acceptors (Lipinski definition) is 3. The highest BCUT2D eigenvalue weighted by Crippen LogP contribution is 2.53. The van der Waals surface area contributed by atoms with Crippen LogP contribution in [-0.2, 0) is 11.2 Å². The van der Waals surface area contributed by atoms with Crippen molar-refractivity contribution < 1.29 is 9.90 Å². The normalized spacial score (nSPS) is 30.7. The molecule has 0 bridgehead atoms. The van der Waals surface area contributed by atoms with E-state index >= 15 is 0 Å². The summed E-state index contributed by atoms with van der Waals surface area (Å²) in [5, 5.41) is 9.80. The molecule has 96 valence electrons. The lowest BCUT2D eigenvalue weighted by atomic mass is 9.58. The summed E-state index contributed by atoms with van der Waals surface area (Å²) in [6.45, 7) is 2.21. The number of nitrogens with two attached hydrogens (primary N) is 1. The van der Waals surface area contributed by atoms with E-state index in [2.05, 4.69) is 6.92 Å². The lowest BCUT2D eigenvalue weighted by Crippen LogP contribution is -2.39. The minimum atomic E-state index is -0.0403. The minimum absolute atomic E-state index is 0.0403. The van der Waals surface area contributed by atoms with Crippen LogP contribution in [0.5, 0.6) is 5.75 Å². The zero-order valence-corrected chi connectivity index (χ0v) is 10.7. The van der Waals surface area contributed by atoms with E-state index in [9.17, 15) is 9.90 Å². The van der Waals surface area contributed by atoms with Crippen molar-refractivity contribution in [1.29, 1.82) is 0 Å². The molecule has 3 rings (SSSR count). The zero-order valence-electron chi connectivity index (χ0n) is 10.7. The number of phenolic OH excluding ortho intramolecular Hbond substituents is 1. The minimum Gasteiger partial charge on any atom is -0.506 e. The summed E-state index contributed by atoms with van der Waals surface area (Å²) >= 11 is 0. The van der Waals surface area contributed by atoms with Crippen molar-refractivity contribution in [2.45, 2.75) is 44.9 Å². The van der Waals surface area contributed by atoms with Crippen molar-refractivity contribution in [3.63, 3.8) is 0 Å². The molecule has 1 aromatic rings. The van der Waals surface area contributed by atoms with Gasteiger partial charge in [0, 0.05) is 12.3 Å². The number of ketones is 1. The number of rotatable bonds is 0. The molecule has 18 heavy (non-hydrogen) atoms. The van der Waals surface area contributed by atoms with Gasteiger partial charge in [0.05, 0.1) is 5.69 Å². The van der Waals surface area contributed by atoms with Crippen LogP contribution in [0.2, 0.25) is 0 Å². The number of carbonyl (C=O) groups is 1. The van der Waals surface area contributed by atoms with Crippen LogP contribution in [0, 0.1) is 5.41 Å². The summed E-state index contributed by atoms with van der Waals surface area (Å²) < 4.78 is 0. The topological polar surface area (TPSA) is 63.3 Å². The molecular formula is C15H19NO2. The molecule has 0 aliphatic heterocycles. The third-order valence-electron chi connectivity index (χ3n) is 4.75. The Hall–Kier alpha value is -1.51. The molecule has 3 nitrogen and oxygen atoms in total. The predicted molar refractivity (Wildman–Crippen MR) is 70.5 cm³/mol. The second kappa shape index (κ2) is 3.74. The molecular weight excluding hydrogens is 226 g/mol. The largest absolute Gasteiger partial charge is 0.506 e. The average Bonchev–Trinajstić information content (AvgIpc) is 2.31. The van der Waals surface area contributed by atoms with Gasteiger partial charge < -0.3 is 10.8 Å². The van der Waals surface area contributed by atoms with Crippen LogP contribution < -0.4 is 5.73 Å². The lowest BCUT2D eigenvalue weighted by molar-refractivity contribution is -0.126. The van der Waals surface area contributed by atoms with Gasteiger partial charge in [0.15, 0.2) is 0 Å². The summed E-state index contributed by atoms with van der Waals surface area (Å²) in [7, 11) is 0. The maximum Gasteiger partial charge on any atom is 0.140 e. The number of nitrogen functional groups attached to an aromatic ring is 1. The Morgan fingerprint density at radius 2 is 2.11 bits per heavy atom. The monoisotopic (exact) mass is 245 g/mol. The van der Waals surface area contributed by atoms with Crippen LogP contribution in [-0.4, -0.2) is 10.9 Å². The third-order valence-corrected chi connectivity index (χ3v) is 4.75. The van der Waals surface area contributed by atoms with Crippen molar-refractivity contribution >= 4 is 11.5 Å². The van der Waals surface area contributed by atoms with Gasteiger partial charge in [-0.2, -0.15) is 0 Å². The van der Waals surface area contributed by atoms with Gasteiger partial charge in [-0.05, 0) is 54.4 Å². The van der Waals surface area contributed by atoms with E-state index in [1.807, 2.05) is 6.07 Å². The molecule has 2 atom stereocenters. The second-order valence-corrected chi connectivity index (χ2v) is 6.02. The van der Waals surface area contributed by atoms with Gasteiger partial charge in [-0.3, -0.25) is 4.79 Å². The molecule has 1 aromatic carbocycles. The van der Waals surface area contributed by atoms with Crippen LogP contribution in [0.15, 0.2) is 12.1 Å². The Bertz CT molecular complexity index is 523. The fourth-order valence-electron chi connectivity index (χ4n) is 3.74. The summed E-state index contributed by atoms with van der Waals surface area (Å²) in [5.74, 6) is 0.395. The number of aryl methyl sites for hydroxylation is 1. The van der Waals surface area contributed by atoms with Crippen LogP contribution >= 0.6 is 0 Å². The SMILES string of the molecule is C[C@@]12CCCC(=O)[C@@H]1c1cc(O)c(N)cc1CC2. The number of carbonyl (C=O) groups excluding carboxylic acids is 1. The van der Waals surface area contributed by atoms with Crippen molar-refractivity contribution in [1.82, 2.24) is 0 Å². The molecule has 0 amide bonds. The third kappa shape index (κ3) is 1.53. The Morgan fingerprint density at radius 3 is 2.89 bits per heavy atom. The molecule has 2 aliphatic carbocycles. The highest BCUT2D eigenvalue weighted by atomic mass is 16.3. The summed E-state index contributed by atoms with van der Waals surface area (Å²) in [6, 6.07) is 3.56. The van der Waals surface area contributed by atoms with Gasteiger partial charge in [-0.25, -0.2) is 0 Å². The molecule has 1 fully saturated rings. The fraction of sp³-hybridized carbons (Fsp3) is 0.533. The highest BCUT2D eigenvalue weighted by Gasteiger charge is 2.45. The number of hydrogen-bond donors (Lipinski definition) is 2. The van der Waals surface area contributed by atoms with Crippen LogP contribution in [0.1, 0.15) is 49.7 Å². The van der Waals surface area contributed by atoms with E-state index in [4.69, 9.17) is 5.73 Å². The van der Waals surface area contributed by atoms with E-state index in [0.717, 1.165) is 36.8 Å². The first-order chi connectivity index (χ1) is 8.51. The average molecular weight is 245 g/mol. The Kier molecular flexibility index (Phi) is 2.40. The first-order valence-electron chi connectivity index (χ1n) is 6.65. The molecule has 0 spiro atoms. The smallest absolute Gasteiger partial charge is 0.140 e. The lowest BCUT2D eigenvalue weighted by Gasteiger charge is -2.45. The standard InChI is InChI=1S/C15H19NO2/c1-15-5-2-3-12(17)14(15)10-8-13(18)11(16)7-9(10)4-6-15/h7-8,14,18H,2-6,16H2,1H3/t14-,15-/m0/s1. The van der Waals surface area contributed by atoms with Crippen molar-refractivity contribution in [2.24, 2.45) is 5.41 Å². The second-order valence-electron chi connectivity index (χ2n) is 6.02. The maximum atomic E-state index is 12.3. The van der Waals surface area contributed by atoms with E-state index in [1.54, 1.807) is 6.07 Å². The van der Waals surface area contributed by atoms with Gasteiger partial charge in [0.1, 0.15) is 11.5 Å². The first-order valence-corrected chi connectivity index (χ1v) is 6.65. The van der Waals surface area contributed by atoms with E-state index < -0.39 is 0 Å². The number of benzene rings is 1. The number of phenols is 1. The molecule has 0 radical (unpaired) electrons. The highest BCUT2D eigenvalue weighted by molar-refractivity contribution is 5.88. The Morgan fingerprint density at radius 1 is 1.33 bits per heavy atom. The number of Topliss-reactive ketones (excluding diaryl/α,β-unsaturated/α-hetero) is 1. The van der Waals surface area contributed by atoms with E-state index in [1.165, 1.54) is 0 Å². The molecule has 3 heteroatoms. The van der Waals surface area contributed by atoms with Crippen LogP contribution in [0.3, 0.4) is 0 Å². The van der Waals surface area contributed by atoms with Crippen molar-refractivity contribution in [3.05, 3.63) is 23.3 Å². The number of anilines is 1. The van der Waals surface area contributed by atoms with Crippen LogP contribution in [0.25, 0.3) is 0 Å². The van der Waals surface area contributed by atoms with Crippen molar-refractivity contribution in [2.75, 3.05) is 5.73 Å². The Labute approximate surface area is 107 Å². The van der Waals surface area contributed by atoms with E-state index in [0.29, 0.717) is 17.9 Å². The summed E-state index contributed by atoms with van der Waals surface area (Å²) in [6.07, 6.45) is 4.78. The van der Waals surface area contributed by atoms with Gasteiger partial charge >= 0.3 is 0 Å². The van der Waals surface area contributed by atoms with Gasteiger partial charge in [-0.1, -0.05) is 6.92 Å².